The minimum atomic E-state index is -0.146. The molecule has 0 bridgehead atoms. The van der Waals surface area contributed by atoms with Gasteiger partial charge in [-0.25, -0.2) is 9.97 Å². The molecule has 0 aliphatic carbocycles. The van der Waals surface area contributed by atoms with Gasteiger partial charge in [0.25, 0.3) is 0 Å². The van der Waals surface area contributed by atoms with Gasteiger partial charge < -0.3 is 20.4 Å². The van der Waals surface area contributed by atoms with E-state index in [0.717, 1.165) is 78.3 Å². The molecule has 0 unspecified atom stereocenters. The van der Waals surface area contributed by atoms with Crippen molar-refractivity contribution in [2.45, 2.75) is 6.42 Å². The Morgan fingerprint density at radius 2 is 2.00 bits per heavy atom. The molecule has 0 radical (unpaired) electrons. The predicted molar refractivity (Wildman–Crippen MR) is 148 cm³/mol. The molecule has 3 heterocycles. The maximum Gasteiger partial charge on any atom is 0.248 e. The Labute approximate surface area is 214 Å². The van der Waals surface area contributed by atoms with Crippen LogP contribution in [0.3, 0.4) is 0 Å². The zero-order valence-corrected chi connectivity index (χ0v) is 20.9. The Hall–Kier alpha value is -3.40. The smallest absolute Gasteiger partial charge is 0.248 e. The van der Waals surface area contributed by atoms with E-state index >= 15 is 0 Å². The number of carbonyl (C=O) groups is 1. The fraction of sp³-hybridized carbons (Fsp3) is 0.296. The Morgan fingerprint density at radius 1 is 1.11 bits per heavy atom. The standard InChI is InChI=1S/C27H30N6O2S/c34-26(3-1-15-36-16-2-10-33-11-13-35-14-12-33)31-22-5-7-25-23(18-22)27(30-19-29-25)32-21-4-6-24-20(17-21)8-9-28-24/h1,3-9,17-19,28H,2,10-16H2,(H,31,34)(H,29,30,32)/b3-1+. The Bertz CT molecular complexity index is 1350. The highest BCUT2D eigenvalue weighted by molar-refractivity contribution is 7.99. The van der Waals surface area contributed by atoms with E-state index in [2.05, 4.69) is 36.6 Å². The molecule has 36 heavy (non-hydrogen) atoms. The van der Waals surface area contributed by atoms with Crippen LogP contribution in [-0.2, 0) is 9.53 Å². The summed E-state index contributed by atoms with van der Waals surface area (Å²) in [5.74, 6) is 2.45. The molecule has 3 N–H and O–H groups in total. The van der Waals surface area contributed by atoms with Crippen molar-refractivity contribution in [1.82, 2.24) is 19.9 Å². The number of nitrogens with zero attached hydrogens (tertiary/aromatic N) is 3. The first kappa shape index (κ1) is 24.3. The second kappa shape index (κ2) is 12.0. The Morgan fingerprint density at radius 3 is 2.92 bits per heavy atom. The molecule has 0 atom stereocenters. The van der Waals surface area contributed by atoms with Crippen LogP contribution in [0.5, 0.6) is 0 Å². The minimum Gasteiger partial charge on any atom is -0.379 e. The monoisotopic (exact) mass is 502 g/mol. The van der Waals surface area contributed by atoms with Crippen molar-refractivity contribution in [2.75, 3.05) is 55.0 Å². The van der Waals surface area contributed by atoms with Gasteiger partial charge in [-0.2, -0.15) is 11.8 Å². The highest BCUT2D eigenvalue weighted by Gasteiger charge is 2.09. The quantitative estimate of drug-likeness (QED) is 0.212. The second-order valence-corrected chi connectivity index (χ2v) is 9.78. The lowest BCUT2D eigenvalue weighted by Crippen LogP contribution is -2.36. The van der Waals surface area contributed by atoms with Gasteiger partial charge in [0.1, 0.15) is 12.1 Å². The summed E-state index contributed by atoms with van der Waals surface area (Å²) < 4.78 is 5.38. The van der Waals surface area contributed by atoms with Crippen LogP contribution in [-0.4, -0.2) is 70.1 Å². The number of aromatic amines is 1. The number of aromatic nitrogens is 3. The lowest BCUT2D eigenvalue weighted by atomic mass is 10.2. The lowest BCUT2D eigenvalue weighted by Gasteiger charge is -2.26. The third kappa shape index (κ3) is 6.42. The topological polar surface area (TPSA) is 95.2 Å². The number of anilines is 3. The average molecular weight is 503 g/mol. The van der Waals surface area contributed by atoms with Gasteiger partial charge in [0, 0.05) is 58.8 Å². The molecule has 2 aromatic carbocycles. The number of hydrogen-bond acceptors (Lipinski definition) is 7. The van der Waals surface area contributed by atoms with Crippen LogP contribution in [0, 0.1) is 0 Å². The molecule has 9 heteroatoms. The summed E-state index contributed by atoms with van der Waals surface area (Å²) in [5.41, 5.74) is 3.52. The number of fused-ring (bicyclic) bond motifs is 2. The van der Waals surface area contributed by atoms with Crippen LogP contribution in [0.2, 0.25) is 0 Å². The summed E-state index contributed by atoms with van der Waals surface area (Å²) in [4.78, 5) is 26.9. The van der Waals surface area contributed by atoms with Crippen molar-refractivity contribution in [3.63, 3.8) is 0 Å². The largest absolute Gasteiger partial charge is 0.379 e. The predicted octanol–water partition coefficient (Wildman–Crippen LogP) is 4.80. The second-order valence-electron chi connectivity index (χ2n) is 8.63. The van der Waals surface area contributed by atoms with Gasteiger partial charge in [-0.05, 0) is 61.2 Å². The summed E-state index contributed by atoms with van der Waals surface area (Å²) in [7, 11) is 0. The molecule has 1 aliphatic heterocycles. The Balaban J connectivity index is 1.14. The maximum absolute atomic E-state index is 12.4. The van der Waals surface area contributed by atoms with Crippen LogP contribution in [0.15, 0.2) is 67.1 Å². The van der Waals surface area contributed by atoms with E-state index in [9.17, 15) is 4.79 Å². The fourth-order valence-corrected chi connectivity index (χ4v) is 4.94. The number of thioether (sulfide) groups is 1. The molecule has 8 nitrogen and oxygen atoms in total. The highest BCUT2D eigenvalue weighted by Crippen LogP contribution is 2.27. The van der Waals surface area contributed by atoms with E-state index in [-0.39, 0.29) is 5.91 Å². The number of rotatable bonds is 10. The van der Waals surface area contributed by atoms with Crippen molar-refractivity contribution in [3.05, 3.63) is 67.1 Å². The van der Waals surface area contributed by atoms with Crippen molar-refractivity contribution >= 4 is 56.7 Å². The zero-order chi connectivity index (χ0) is 24.6. The summed E-state index contributed by atoms with van der Waals surface area (Å²) in [6.07, 6.45) is 8.14. The molecule has 1 fully saturated rings. The molecule has 1 aliphatic rings. The van der Waals surface area contributed by atoms with Gasteiger partial charge in [0.2, 0.25) is 5.91 Å². The number of H-pyrrole nitrogens is 1. The molecule has 0 spiro atoms. The first-order chi connectivity index (χ1) is 17.7. The molecule has 0 saturated carbocycles. The highest BCUT2D eigenvalue weighted by atomic mass is 32.2. The maximum atomic E-state index is 12.4. The lowest BCUT2D eigenvalue weighted by molar-refractivity contribution is -0.111. The van der Waals surface area contributed by atoms with Crippen molar-refractivity contribution in [3.8, 4) is 0 Å². The normalized spacial score (nSPS) is 14.6. The van der Waals surface area contributed by atoms with Gasteiger partial charge >= 0.3 is 0 Å². The molecule has 5 rings (SSSR count). The molecule has 2 aromatic heterocycles. The molecule has 1 saturated heterocycles. The van der Waals surface area contributed by atoms with Crippen molar-refractivity contribution in [1.29, 1.82) is 0 Å². The van der Waals surface area contributed by atoms with Crippen molar-refractivity contribution < 1.29 is 9.53 Å². The van der Waals surface area contributed by atoms with E-state index in [4.69, 9.17) is 4.74 Å². The average Bonchev–Trinajstić information content (AvgIpc) is 3.37. The number of nitrogens with one attached hydrogen (secondary N) is 3. The molecular weight excluding hydrogens is 472 g/mol. The number of morpholine rings is 1. The molecule has 1 amide bonds. The summed E-state index contributed by atoms with van der Waals surface area (Å²) in [5, 5.41) is 8.29. The summed E-state index contributed by atoms with van der Waals surface area (Å²) >= 11 is 1.84. The SMILES string of the molecule is O=C(/C=C/CSCCCN1CCOCC1)Nc1ccc2ncnc(Nc3ccc4[nH]ccc4c3)c2c1. The number of amides is 1. The van der Waals surface area contributed by atoms with E-state index in [1.165, 1.54) is 0 Å². The van der Waals surface area contributed by atoms with Crippen molar-refractivity contribution in [2.24, 2.45) is 0 Å². The van der Waals surface area contributed by atoms with E-state index in [0.29, 0.717) is 11.5 Å². The molecular formula is C27H30N6O2S. The van der Waals surface area contributed by atoms with E-state index in [1.54, 1.807) is 12.4 Å². The third-order valence-electron chi connectivity index (χ3n) is 6.07. The van der Waals surface area contributed by atoms with Crippen LogP contribution in [0.25, 0.3) is 21.8 Å². The minimum absolute atomic E-state index is 0.146. The summed E-state index contributed by atoms with van der Waals surface area (Å²) in [6.45, 7) is 4.87. The summed E-state index contributed by atoms with van der Waals surface area (Å²) in [6, 6.07) is 13.8. The zero-order valence-electron chi connectivity index (χ0n) is 20.1. The molecule has 4 aromatic rings. The van der Waals surface area contributed by atoms with Gasteiger partial charge in [-0.1, -0.05) is 6.08 Å². The number of hydrogen-bond donors (Lipinski definition) is 3. The van der Waals surface area contributed by atoms with Gasteiger partial charge in [-0.15, -0.1) is 0 Å². The van der Waals surface area contributed by atoms with Crippen LogP contribution < -0.4 is 10.6 Å². The van der Waals surface area contributed by atoms with Crippen LogP contribution in [0.1, 0.15) is 6.42 Å². The van der Waals surface area contributed by atoms with E-state index < -0.39 is 0 Å². The first-order valence-corrected chi connectivity index (χ1v) is 13.3. The number of ether oxygens (including phenoxy) is 1. The third-order valence-corrected chi connectivity index (χ3v) is 7.07. The van der Waals surface area contributed by atoms with E-state index in [1.807, 2.05) is 60.4 Å². The van der Waals surface area contributed by atoms with Gasteiger partial charge in [-0.3, -0.25) is 9.69 Å². The number of carbonyl (C=O) groups excluding carboxylic acids is 1. The van der Waals surface area contributed by atoms with Crippen LogP contribution >= 0.6 is 11.8 Å². The molecule has 186 valence electrons. The number of benzene rings is 2. The van der Waals surface area contributed by atoms with Crippen LogP contribution in [0.4, 0.5) is 17.2 Å². The van der Waals surface area contributed by atoms with Gasteiger partial charge in [0.15, 0.2) is 0 Å². The van der Waals surface area contributed by atoms with Gasteiger partial charge in [0.05, 0.1) is 18.7 Å². The Kier molecular flexibility index (Phi) is 8.12. The fourth-order valence-electron chi connectivity index (χ4n) is 4.21. The first-order valence-electron chi connectivity index (χ1n) is 12.2.